The predicted octanol–water partition coefficient (Wildman–Crippen LogP) is 7.26. The van der Waals surface area contributed by atoms with E-state index in [1.165, 1.54) is 11.1 Å². The number of allylic oxidation sites excluding steroid dienone is 4. The zero-order valence-corrected chi connectivity index (χ0v) is 17.1. The minimum Gasteiger partial charge on any atom is -0.0846 e. The van der Waals surface area contributed by atoms with Crippen molar-refractivity contribution in [3.8, 4) is 0 Å². The highest BCUT2D eigenvalue weighted by molar-refractivity contribution is 7.63. The van der Waals surface area contributed by atoms with Crippen molar-refractivity contribution in [2.45, 2.75) is 77.3 Å². The molecule has 0 saturated carbocycles. The van der Waals surface area contributed by atoms with Crippen LogP contribution in [0.4, 0.5) is 0 Å². The summed E-state index contributed by atoms with van der Waals surface area (Å²) in [7, 11) is -0.242. The van der Waals surface area contributed by atoms with Crippen LogP contribution in [-0.2, 0) is 0 Å². The van der Waals surface area contributed by atoms with Gasteiger partial charge in [0.05, 0.1) is 0 Å². The Morgan fingerprint density at radius 3 is 1.91 bits per heavy atom. The van der Waals surface area contributed by atoms with Gasteiger partial charge in [0.2, 0.25) is 0 Å². The number of benzene rings is 1. The highest BCUT2D eigenvalue weighted by Gasteiger charge is 2.49. The molecule has 23 heavy (non-hydrogen) atoms. The van der Waals surface area contributed by atoms with Gasteiger partial charge in [-0.25, -0.2) is 0 Å². The molecule has 1 unspecified atom stereocenters. The molecule has 0 saturated heterocycles. The fraction of sp³-hybridized carbons (Fsp3) is 0.545. The summed E-state index contributed by atoms with van der Waals surface area (Å²) in [6, 6.07) is 11.0. The van der Waals surface area contributed by atoms with Gasteiger partial charge in [0.1, 0.15) is 0 Å². The Morgan fingerprint density at radius 1 is 0.913 bits per heavy atom. The van der Waals surface area contributed by atoms with Crippen LogP contribution in [0.3, 0.4) is 0 Å². The molecule has 0 fully saturated rings. The Bertz CT molecular complexity index is 594. The molecule has 1 heteroatoms. The van der Waals surface area contributed by atoms with Crippen molar-refractivity contribution in [1.82, 2.24) is 0 Å². The fourth-order valence-electron chi connectivity index (χ4n) is 4.91. The van der Waals surface area contributed by atoms with E-state index in [0.29, 0.717) is 10.3 Å². The third-order valence-electron chi connectivity index (χ3n) is 4.71. The topological polar surface area (TPSA) is 0 Å². The maximum Gasteiger partial charge on any atom is 0.0179 e. The lowest BCUT2D eigenvalue weighted by Gasteiger charge is -2.54. The van der Waals surface area contributed by atoms with Gasteiger partial charge >= 0.3 is 0 Å². The van der Waals surface area contributed by atoms with Crippen molar-refractivity contribution < 1.29 is 0 Å². The highest BCUT2D eigenvalue weighted by Crippen LogP contribution is 2.72. The largest absolute Gasteiger partial charge is 0.0846 e. The van der Waals surface area contributed by atoms with E-state index in [-0.39, 0.29) is 13.1 Å². The molecule has 0 spiro atoms. The van der Waals surface area contributed by atoms with Crippen LogP contribution >= 0.6 is 7.92 Å². The molecule has 0 heterocycles. The summed E-state index contributed by atoms with van der Waals surface area (Å²) >= 11 is 0. The molecule has 126 valence electrons. The van der Waals surface area contributed by atoms with E-state index in [1.807, 2.05) is 0 Å². The first-order valence-corrected chi connectivity index (χ1v) is 10.1. The highest BCUT2D eigenvalue weighted by atomic mass is 31.1. The van der Waals surface area contributed by atoms with E-state index in [9.17, 15) is 0 Å². The third-order valence-corrected chi connectivity index (χ3v) is 8.79. The second kappa shape index (κ2) is 6.21. The second-order valence-electron chi connectivity index (χ2n) is 8.98. The standard InChI is InChI=1S/C22H33P/c1-17-13-12-16-22(8,19(17)18-14-10-9-11-15-18)23(20(2,3)4)21(5,6)7/h9-15H,16H2,1-8H3. The summed E-state index contributed by atoms with van der Waals surface area (Å²) in [6.45, 7) is 19.4. The summed E-state index contributed by atoms with van der Waals surface area (Å²) in [6.07, 6.45) is 5.87. The third kappa shape index (κ3) is 3.63. The summed E-state index contributed by atoms with van der Waals surface area (Å²) in [5.41, 5.74) is 4.40. The first-order valence-electron chi connectivity index (χ1n) is 8.72. The molecule has 1 aliphatic rings. The molecule has 0 N–H and O–H groups in total. The SMILES string of the molecule is CC1=C(c2ccccc2)C(C)(P(C(C)(C)C)C(C)(C)C)CC=C1. The zero-order chi connectivity index (χ0) is 17.5. The number of rotatable bonds is 2. The molecular weight excluding hydrogens is 295 g/mol. The first-order chi connectivity index (χ1) is 10.5. The Kier molecular flexibility index (Phi) is 4.99. The average molecular weight is 328 g/mol. The maximum absolute atomic E-state index is 2.52. The normalized spacial score (nSPS) is 22.8. The maximum atomic E-state index is 2.52. The summed E-state index contributed by atoms with van der Waals surface area (Å²) in [5.74, 6) is 0. The smallest absolute Gasteiger partial charge is 0.0179 e. The van der Waals surface area contributed by atoms with Gasteiger partial charge in [-0.15, -0.1) is 0 Å². The lowest BCUT2D eigenvalue weighted by atomic mass is 9.83. The minimum atomic E-state index is -0.242. The quantitative estimate of drug-likeness (QED) is 0.501. The van der Waals surface area contributed by atoms with Gasteiger partial charge in [-0.05, 0) is 40.4 Å². The van der Waals surface area contributed by atoms with E-state index in [4.69, 9.17) is 0 Å². The van der Waals surface area contributed by atoms with Crippen molar-refractivity contribution in [1.29, 1.82) is 0 Å². The zero-order valence-electron chi connectivity index (χ0n) is 16.2. The molecule has 0 amide bonds. The first kappa shape index (κ1) is 18.5. The summed E-state index contributed by atoms with van der Waals surface area (Å²) in [4.78, 5) is 0. The Morgan fingerprint density at radius 2 is 1.43 bits per heavy atom. The van der Waals surface area contributed by atoms with Gasteiger partial charge in [0, 0.05) is 5.16 Å². The molecule has 1 atom stereocenters. The van der Waals surface area contributed by atoms with Gasteiger partial charge < -0.3 is 0 Å². The Labute approximate surface area is 144 Å². The van der Waals surface area contributed by atoms with Crippen LogP contribution in [-0.4, -0.2) is 15.5 Å². The van der Waals surface area contributed by atoms with Crippen molar-refractivity contribution in [3.05, 3.63) is 53.6 Å². The van der Waals surface area contributed by atoms with Crippen LogP contribution in [0.2, 0.25) is 0 Å². The predicted molar refractivity (Wildman–Crippen MR) is 108 cm³/mol. The van der Waals surface area contributed by atoms with Crippen molar-refractivity contribution in [2.24, 2.45) is 0 Å². The van der Waals surface area contributed by atoms with E-state index in [1.54, 1.807) is 5.57 Å². The van der Waals surface area contributed by atoms with Crippen molar-refractivity contribution in [3.63, 3.8) is 0 Å². The van der Waals surface area contributed by atoms with Crippen molar-refractivity contribution in [2.75, 3.05) is 0 Å². The van der Waals surface area contributed by atoms with Gasteiger partial charge in [-0.3, -0.25) is 0 Å². The minimum absolute atomic E-state index is 0.214. The molecule has 2 rings (SSSR count). The average Bonchev–Trinajstić information content (AvgIpc) is 2.35. The van der Waals surface area contributed by atoms with Crippen LogP contribution in [0.5, 0.6) is 0 Å². The number of hydrogen-bond donors (Lipinski definition) is 0. The summed E-state index contributed by atoms with van der Waals surface area (Å²) in [5, 5.41) is 0.841. The van der Waals surface area contributed by atoms with Crippen LogP contribution in [0.15, 0.2) is 48.1 Å². The molecule has 0 bridgehead atoms. The van der Waals surface area contributed by atoms with Gasteiger partial charge in [0.25, 0.3) is 0 Å². The molecule has 0 nitrogen and oxygen atoms in total. The fourth-order valence-corrected chi connectivity index (χ4v) is 10.7. The van der Waals surface area contributed by atoms with Crippen molar-refractivity contribution >= 4 is 13.5 Å². The Balaban J connectivity index is 2.69. The molecular formula is C22H33P. The van der Waals surface area contributed by atoms with E-state index < -0.39 is 0 Å². The molecule has 0 radical (unpaired) electrons. The molecule has 1 aromatic carbocycles. The van der Waals surface area contributed by atoms with Crippen LogP contribution < -0.4 is 0 Å². The van der Waals surface area contributed by atoms with Gasteiger partial charge in [0.15, 0.2) is 0 Å². The monoisotopic (exact) mass is 328 g/mol. The van der Waals surface area contributed by atoms with E-state index in [0.717, 1.165) is 6.42 Å². The lowest BCUT2D eigenvalue weighted by Crippen LogP contribution is -2.40. The molecule has 0 aromatic heterocycles. The lowest BCUT2D eigenvalue weighted by molar-refractivity contribution is 0.651. The Hall–Kier alpha value is -0.870. The van der Waals surface area contributed by atoms with Gasteiger partial charge in [-0.1, -0.05) is 98.9 Å². The molecule has 0 aliphatic heterocycles. The van der Waals surface area contributed by atoms with Crippen LogP contribution in [0, 0.1) is 0 Å². The van der Waals surface area contributed by atoms with E-state index >= 15 is 0 Å². The van der Waals surface area contributed by atoms with Crippen LogP contribution in [0.1, 0.15) is 67.4 Å². The molecule has 1 aromatic rings. The number of hydrogen-bond acceptors (Lipinski definition) is 0. The van der Waals surface area contributed by atoms with Crippen LogP contribution in [0.25, 0.3) is 5.57 Å². The van der Waals surface area contributed by atoms with E-state index in [2.05, 4.69) is 97.9 Å². The second-order valence-corrected chi connectivity index (χ2v) is 13.3. The molecule has 1 aliphatic carbocycles. The summed E-state index contributed by atoms with van der Waals surface area (Å²) < 4.78 is 0. The van der Waals surface area contributed by atoms with Gasteiger partial charge in [-0.2, -0.15) is 0 Å².